The van der Waals surface area contributed by atoms with E-state index in [0.29, 0.717) is 30.9 Å². The monoisotopic (exact) mass is 357 g/mol. The van der Waals surface area contributed by atoms with Gasteiger partial charge in [0.15, 0.2) is 0 Å². The van der Waals surface area contributed by atoms with Crippen LogP contribution in [0.15, 0.2) is 51.9 Å². The number of aromatic nitrogens is 2. The number of hydrogen-bond acceptors (Lipinski definition) is 6. The van der Waals surface area contributed by atoms with Crippen LogP contribution in [0.25, 0.3) is 0 Å². The molecule has 0 saturated heterocycles. The lowest BCUT2D eigenvalue weighted by Crippen LogP contribution is -2.30. The Morgan fingerprint density at radius 3 is 3.00 bits per heavy atom. The summed E-state index contributed by atoms with van der Waals surface area (Å²) in [5.41, 5.74) is 2.03. The van der Waals surface area contributed by atoms with Crippen LogP contribution in [0.1, 0.15) is 29.3 Å². The molecule has 0 aromatic carbocycles. The molecule has 6 nitrogen and oxygen atoms in total. The fraction of sp³-hybridized carbons (Fsp3) is 0.278. The highest BCUT2D eigenvalue weighted by atomic mass is 32.1. The van der Waals surface area contributed by atoms with Crippen molar-refractivity contribution in [3.8, 4) is 5.88 Å². The van der Waals surface area contributed by atoms with E-state index in [1.165, 1.54) is 0 Å². The van der Waals surface area contributed by atoms with Gasteiger partial charge < -0.3 is 14.6 Å². The van der Waals surface area contributed by atoms with Gasteiger partial charge in [0.05, 0.1) is 19.3 Å². The molecule has 0 saturated carbocycles. The fourth-order valence-corrected chi connectivity index (χ4v) is 3.28. The highest BCUT2D eigenvalue weighted by molar-refractivity contribution is 7.07. The predicted molar refractivity (Wildman–Crippen MR) is 94.5 cm³/mol. The van der Waals surface area contributed by atoms with Crippen LogP contribution in [0.2, 0.25) is 0 Å². The number of pyridine rings is 1. The first-order valence-corrected chi connectivity index (χ1v) is 8.89. The van der Waals surface area contributed by atoms with Gasteiger partial charge in [-0.2, -0.15) is 11.3 Å². The first-order chi connectivity index (χ1) is 12.3. The van der Waals surface area contributed by atoms with E-state index in [-0.39, 0.29) is 11.9 Å². The number of carbonyl (C=O) groups is 1. The van der Waals surface area contributed by atoms with Gasteiger partial charge in [-0.15, -0.1) is 0 Å². The maximum Gasteiger partial charge on any atom is 0.220 e. The number of thiophene rings is 1. The summed E-state index contributed by atoms with van der Waals surface area (Å²) >= 11 is 1.64. The van der Waals surface area contributed by atoms with Crippen LogP contribution in [0.3, 0.4) is 0 Å². The first kappa shape index (κ1) is 17.2. The van der Waals surface area contributed by atoms with E-state index < -0.39 is 0 Å². The quantitative estimate of drug-likeness (QED) is 0.670. The van der Waals surface area contributed by atoms with Crippen molar-refractivity contribution in [2.45, 2.75) is 25.3 Å². The molecule has 3 aromatic rings. The van der Waals surface area contributed by atoms with Gasteiger partial charge in [-0.1, -0.05) is 11.2 Å². The van der Waals surface area contributed by atoms with E-state index >= 15 is 0 Å². The number of amides is 1. The Labute approximate surface area is 149 Å². The molecule has 3 rings (SSSR count). The van der Waals surface area contributed by atoms with Gasteiger partial charge in [-0.3, -0.25) is 4.79 Å². The second kappa shape index (κ2) is 8.43. The Hall–Kier alpha value is -2.67. The van der Waals surface area contributed by atoms with Crippen molar-refractivity contribution in [3.63, 3.8) is 0 Å². The molecule has 0 bridgehead atoms. The second-order valence-corrected chi connectivity index (χ2v) is 6.32. The highest BCUT2D eigenvalue weighted by Crippen LogP contribution is 2.26. The number of hydrogen-bond donors (Lipinski definition) is 1. The van der Waals surface area contributed by atoms with Gasteiger partial charge in [0, 0.05) is 30.7 Å². The topological polar surface area (TPSA) is 77.2 Å². The molecule has 1 atom stereocenters. The summed E-state index contributed by atoms with van der Waals surface area (Å²) in [5, 5.41) is 10.8. The third kappa shape index (κ3) is 4.67. The summed E-state index contributed by atoms with van der Waals surface area (Å²) in [7, 11) is 1.58. The van der Waals surface area contributed by atoms with Crippen LogP contribution >= 0.6 is 11.3 Å². The molecule has 130 valence electrons. The zero-order valence-electron chi connectivity index (χ0n) is 13.8. The molecule has 3 aromatic heterocycles. The Balaban J connectivity index is 1.72. The van der Waals surface area contributed by atoms with E-state index in [1.807, 2.05) is 17.5 Å². The minimum absolute atomic E-state index is 0.0532. The molecule has 0 aliphatic rings. The zero-order chi connectivity index (χ0) is 17.5. The number of nitrogens with one attached hydrogen (secondary N) is 1. The average molecular weight is 357 g/mol. The molecule has 0 aliphatic carbocycles. The first-order valence-electron chi connectivity index (χ1n) is 7.95. The SMILES string of the molecule is COc1ncccc1[C@H](Cc1ccsc1)NC(=O)CCc1ccno1. The van der Waals surface area contributed by atoms with E-state index in [2.05, 4.69) is 26.9 Å². The lowest BCUT2D eigenvalue weighted by molar-refractivity contribution is -0.121. The Kier molecular flexibility index (Phi) is 5.79. The third-order valence-electron chi connectivity index (χ3n) is 3.81. The smallest absolute Gasteiger partial charge is 0.220 e. The molecular weight excluding hydrogens is 338 g/mol. The molecule has 3 heterocycles. The molecule has 7 heteroatoms. The normalized spacial score (nSPS) is 11.9. The molecule has 1 N–H and O–H groups in total. The highest BCUT2D eigenvalue weighted by Gasteiger charge is 2.20. The van der Waals surface area contributed by atoms with Crippen molar-refractivity contribution in [1.82, 2.24) is 15.5 Å². The van der Waals surface area contributed by atoms with Gasteiger partial charge in [0.1, 0.15) is 5.76 Å². The van der Waals surface area contributed by atoms with Crippen molar-refractivity contribution in [2.75, 3.05) is 7.11 Å². The van der Waals surface area contributed by atoms with Crippen LogP contribution in [-0.4, -0.2) is 23.2 Å². The van der Waals surface area contributed by atoms with Gasteiger partial charge >= 0.3 is 0 Å². The zero-order valence-corrected chi connectivity index (χ0v) is 14.7. The van der Waals surface area contributed by atoms with Gasteiger partial charge in [-0.25, -0.2) is 4.98 Å². The van der Waals surface area contributed by atoms with Gasteiger partial charge in [-0.05, 0) is 34.9 Å². The van der Waals surface area contributed by atoms with Crippen molar-refractivity contribution in [3.05, 3.63) is 64.3 Å². The molecule has 25 heavy (non-hydrogen) atoms. The molecule has 0 unspecified atom stereocenters. The third-order valence-corrected chi connectivity index (χ3v) is 4.55. The number of ether oxygens (including phenoxy) is 1. The lowest BCUT2D eigenvalue weighted by Gasteiger charge is -2.20. The van der Waals surface area contributed by atoms with E-state index in [9.17, 15) is 4.79 Å². The minimum atomic E-state index is -0.208. The van der Waals surface area contributed by atoms with Crippen LogP contribution in [0, 0.1) is 0 Å². The molecule has 1 amide bonds. The minimum Gasteiger partial charge on any atom is -0.481 e. The summed E-state index contributed by atoms with van der Waals surface area (Å²) in [6, 6.07) is 7.39. The number of carbonyl (C=O) groups excluding carboxylic acids is 1. The Morgan fingerprint density at radius 2 is 2.28 bits per heavy atom. The molecule has 0 radical (unpaired) electrons. The van der Waals surface area contributed by atoms with Crippen LogP contribution in [-0.2, 0) is 17.6 Å². The summed E-state index contributed by atoms with van der Waals surface area (Å²) in [6.45, 7) is 0. The summed E-state index contributed by atoms with van der Waals surface area (Å²) in [5.74, 6) is 1.17. The van der Waals surface area contributed by atoms with Crippen molar-refractivity contribution in [1.29, 1.82) is 0 Å². The Morgan fingerprint density at radius 1 is 1.36 bits per heavy atom. The number of aryl methyl sites for hydroxylation is 1. The summed E-state index contributed by atoms with van der Waals surface area (Å²) in [4.78, 5) is 16.7. The molecular formula is C18H19N3O3S. The predicted octanol–water partition coefficient (Wildman–Crippen LogP) is 3.17. The molecule has 0 aliphatic heterocycles. The maximum absolute atomic E-state index is 12.4. The molecule has 0 spiro atoms. The van der Waals surface area contributed by atoms with Crippen molar-refractivity contribution in [2.24, 2.45) is 0 Å². The van der Waals surface area contributed by atoms with Crippen molar-refractivity contribution < 1.29 is 14.1 Å². The van der Waals surface area contributed by atoms with E-state index in [4.69, 9.17) is 9.26 Å². The van der Waals surface area contributed by atoms with Crippen LogP contribution < -0.4 is 10.1 Å². The number of methoxy groups -OCH3 is 1. The summed E-state index contributed by atoms with van der Waals surface area (Å²) in [6.07, 6.45) is 4.78. The van der Waals surface area contributed by atoms with Gasteiger partial charge in [0.2, 0.25) is 11.8 Å². The summed E-state index contributed by atoms with van der Waals surface area (Å²) < 4.78 is 10.4. The largest absolute Gasteiger partial charge is 0.481 e. The van der Waals surface area contributed by atoms with Gasteiger partial charge in [0.25, 0.3) is 0 Å². The molecule has 0 fully saturated rings. The average Bonchev–Trinajstić information content (AvgIpc) is 3.33. The van der Waals surface area contributed by atoms with Crippen LogP contribution in [0.4, 0.5) is 0 Å². The lowest BCUT2D eigenvalue weighted by atomic mass is 10.0. The number of nitrogens with zero attached hydrogens (tertiary/aromatic N) is 2. The second-order valence-electron chi connectivity index (χ2n) is 5.54. The van der Waals surface area contributed by atoms with E-state index in [0.717, 1.165) is 11.1 Å². The Bertz CT molecular complexity index is 788. The standard InChI is InChI=1S/C18H19N3O3S/c1-23-18-15(3-2-8-19-18)16(11-13-7-10-25-12-13)21-17(22)5-4-14-6-9-20-24-14/h2-3,6-10,12,16H,4-5,11H2,1H3,(H,21,22)/t16-/m0/s1. The number of rotatable bonds is 8. The van der Waals surface area contributed by atoms with Crippen molar-refractivity contribution >= 4 is 17.2 Å². The van der Waals surface area contributed by atoms with E-state index in [1.54, 1.807) is 36.9 Å². The fourth-order valence-electron chi connectivity index (χ4n) is 2.60. The van der Waals surface area contributed by atoms with Crippen LogP contribution in [0.5, 0.6) is 5.88 Å². The maximum atomic E-state index is 12.4.